The highest BCUT2D eigenvalue weighted by Gasteiger charge is 2.35. The maximum absolute atomic E-state index is 12.5. The SMILES string of the molecule is Cc1cnn(CCNc2cc(N)nc(C(F)(F)F)n2)c1. The molecule has 0 saturated carbocycles. The number of halogens is 3. The number of anilines is 2. The van der Waals surface area contributed by atoms with Gasteiger partial charge in [0.25, 0.3) is 0 Å². The Balaban J connectivity index is 2.00. The van der Waals surface area contributed by atoms with Crippen LogP contribution in [0.25, 0.3) is 0 Å². The monoisotopic (exact) mass is 286 g/mol. The molecular formula is C11H13F3N6. The third-order valence-corrected chi connectivity index (χ3v) is 2.41. The second-order valence-electron chi connectivity index (χ2n) is 4.21. The molecule has 2 rings (SSSR count). The summed E-state index contributed by atoms with van der Waals surface area (Å²) in [6.45, 7) is 2.77. The molecule has 0 unspecified atom stereocenters. The van der Waals surface area contributed by atoms with Gasteiger partial charge in [0.1, 0.15) is 11.6 Å². The third kappa shape index (κ3) is 3.59. The smallest absolute Gasteiger partial charge is 0.384 e. The zero-order valence-electron chi connectivity index (χ0n) is 10.6. The lowest BCUT2D eigenvalue weighted by Gasteiger charge is -2.10. The number of nitrogens with one attached hydrogen (secondary N) is 1. The van der Waals surface area contributed by atoms with E-state index >= 15 is 0 Å². The van der Waals surface area contributed by atoms with Gasteiger partial charge in [0.2, 0.25) is 5.82 Å². The van der Waals surface area contributed by atoms with Crippen LogP contribution in [0, 0.1) is 6.92 Å². The first-order valence-electron chi connectivity index (χ1n) is 5.79. The number of aromatic nitrogens is 4. The number of aryl methyl sites for hydroxylation is 1. The highest BCUT2D eigenvalue weighted by atomic mass is 19.4. The molecule has 3 N–H and O–H groups in total. The van der Waals surface area contributed by atoms with Gasteiger partial charge in [-0.25, -0.2) is 9.97 Å². The van der Waals surface area contributed by atoms with E-state index in [1.165, 1.54) is 6.07 Å². The standard InChI is InChI=1S/C11H13F3N6/c1-7-5-17-20(6-7)3-2-16-9-4-8(15)18-10(19-9)11(12,13)14/h4-6H,2-3H2,1H3,(H3,15,16,18,19). The van der Waals surface area contributed by atoms with Crippen molar-refractivity contribution in [2.45, 2.75) is 19.6 Å². The molecule has 0 bridgehead atoms. The first-order chi connectivity index (χ1) is 9.34. The summed E-state index contributed by atoms with van der Waals surface area (Å²) >= 11 is 0. The Kier molecular flexibility index (Phi) is 3.77. The van der Waals surface area contributed by atoms with Crippen LogP contribution in [0.1, 0.15) is 11.4 Å². The molecule has 6 nitrogen and oxygen atoms in total. The number of rotatable bonds is 4. The van der Waals surface area contributed by atoms with Crippen molar-refractivity contribution in [3.8, 4) is 0 Å². The number of alkyl halides is 3. The maximum atomic E-state index is 12.5. The van der Waals surface area contributed by atoms with E-state index < -0.39 is 12.0 Å². The summed E-state index contributed by atoms with van der Waals surface area (Å²) in [7, 11) is 0. The molecule has 0 saturated heterocycles. The fourth-order valence-electron chi connectivity index (χ4n) is 1.57. The second kappa shape index (κ2) is 5.35. The van der Waals surface area contributed by atoms with E-state index in [9.17, 15) is 13.2 Å². The molecule has 0 fully saturated rings. The van der Waals surface area contributed by atoms with Crippen molar-refractivity contribution in [2.24, 2.45) is 0 Å². The van der Waals surface area contributed by atoms with E-state index in [1.807, 2.05) is 13.1 Å². The zero-order valence-corrected chi connectivity index (χ0v) is 10.6. The van der Waals surface area contributed by atoms with E-state index in [0.717, 1.165) is 5.56 Å². The molecule has 108 valence electrons. The molecule has 0 aliphatic heterocycles. The molecule has 0 aliphatic rings. The van der Waals surface area contributed by atoms with Gasteiger partial charge < -0.3 is 11.1 Å². The molecule has 0 atom stereocenters. The molecule has 9 heteroatoms. The average molecular weight is 286 g/mol. The van der Waals surface area contributed by atoms with E-state index in [2.05, 4.69) is 20.4 Å². The fraction of sp³-hybridized carbons (Fsp3) is 0.364. The van der Waals surface area contributed by atoms with Gasteiger partial charge in [0.15, 0.2) is 0 Å². The average Bonchev–Trinajstić information content (AvgIpc) is 2.73. The van der Waals surface area contributed by atoms with Crippen molar-refractivity contribution in [3.05, 3.63) is 29.8 Å². The zero-order chi connectivity index (χ0) is 14.8. The van der Waals surface area contributed by atoms with Crippen LogP contribution in [-0.4, -0.2) is 26.3 Å². The Morgan fingerprint density at radius 2 is 2.10 bits per heavy atom. The van der Waals surface area contributed by atoms with Crippen molar-refractivity contribution in [1.29, 1.82) is 0 Å². The normalized spacial score (nSPS) is 11.6. The molecule has 2 aromatic rings. The minimum Gasteiger partial charge on any atom is -0.384 e. The van der Waals surface area contributed by atoms with Crippen LogP contribution < -0.4 is 11.1 Å². The first-order valence-corrected chi connectivity index (χ1v) is 5.79. The van der Waals surface area contributed by atoms with Crippen LogP contribution in [0.2, 0.25) is 0 Å². The lowest BCUT2D eigenvalue weighted by atomic mass is 10.4. The molecule has 2 heterocycles. The Hall–Kier alpha value is -2.32. The summed E-state index contributed by atoms with van der Waals surface area (Å²) in [5.74, 6) is -1.45. The molecule has 0 spiro atoms. The van der Waals surface area contributed by atoms with Crippen molar-refractivity contribution in [2.75, 3.05) is 17.6 Å². The molecule has 0 aliphatic carbocycles. The van der Waals surface area contributed by atoms with Gasteiger partial charge in [-0.1, -0.05) is 0 Å². The molecular weight excluding hydrogens is 273 g/mol. The summed E-state index contributed by atoms with van der Waals surface area (Å²) in [6, 6.07) is 1.25. The molecule has 0 amide bonds. The van der Waals surface area contributed by atoms with E-state index in [0.29, 0.717) is 13.1 Å². The van der Waals surface area contributed by atoms with Crippen LogP contribution in [0.3, 0.4) is 0 Å². The Labute approximate surface area is 112 Å². The molecule has 0 radical (unpaired) electrons. The minimum absolute atomic E-state index is 0.0358. The Bertz CT molecular complexity index is 592. The van der Waals surface area contributed by atoms with Crippen molar-refractivity contribution in [3.63, 3.8) is 0 Å². The molecule has 2 aromatic heterocycles. The van der Waals surface area contributed by atoms with Crippen molar-refractivity contribution < 1.29 is 13.2 Å². The number of hydrogen-bond donors (Lipinski definition) is 2. The number of nitrogens with zero attached hydrogens (tertiary/aromatic N) is 4. The predicted molar refractivity (Wildman–Crippen MR) is 66.9 cm³/mol. The number of nitrogens with two attached hydrogens (primary N) is 1. The summed E-state index contributed by atoms with van der Waals surface area (Å²) in [4.78, 5) is 6.54. The summed E-state index contributed by atoms with van der Waals surface area (Å²) < 4.78 is 39.2. The topological polar surface area (TPSA) is 81.7 Å². The molecule has 0 aromatic carbocycles. The largest absolute Gasteiger partial charge is 0.451 e. The maximum Gasteiger partial charge on any atom is 0.451 e. The Morgan fingerprint density at radius 3 is 2.70 bits per heavy atom. The van der Waals surface area contributed by atoms with Crippen LogP contribution in [-0.2, 0) is 12.7 Å². The van der Waals surface area contributed by atoms with Crippen molar-refractivity contribution >= 4 is 11.6 Å². The second-order valence-corrected chi connectivity index (χ2v) is 4.21. The van der Waals surface area contributed by atoms with E-state index in [4.69, 9.17) is 5.73 Å². The van der Waals surface area contributed by atoms with Gasteiger partial charge in [0, 0.05) is 18.8 Å². The van der Waals surface area contributed by atoms with Gasteiger partial charge in [-0.05, 0) is 12.5 Å². The van der Waals surface area contributed by atoms with Crippen LogP contribution in [0.4, 0.5) is 24.8 Å². The lowest BCUT2D eigenvalue weighted by molar-refractivity contribution is -0.144. The quantitative estimate of drug-likeness (QED) is 0.894. The predicted octanol–water partition coefficient (Wildman–Crippen LogP) is 1.69. The van der Waals surface area contributed by atoms with Gasteiger partial charge in [-0.15, -0.1) is 0 Å². The highest BCUT2D eigenvalue weighted by Crippen LogP contribution is 2.27. The summed E-state index contributed by atoms with van der Waals surface area (Å²) in [6.07, 6.45) is -1.09. The lowest BCUT2D eigenvalue weighted by Crippen LogP contribution is -2.16. The Morgan fingerprint density at radius 1 is 1.35 bits per heavy atom. The van der Waals surface area contributed by atoms with Gasteiger partial charge in [0.05, 0.1) is 12.7 Å². The number of hydrogen-bond acceptors (Lipinski definition) is 5. The van der Waals surface area contributed by atoms with Crippen molar-refractivity contribution in [1.82, 2.24) is 19.7 Å². The van der Waals surface area contributed by atoms with Gasteiger partial charge in [-0.2, -0.15) is 18.3 Å². The highest BCUT2D eigenvalue weighted by molar-refractivity contribution is 5.44. The third-order valence-electron chi connectivity index (χ3n) is 2.41. The first kappa shape index (κ1) is 14.1. The fourth-order valence-corrected chi connectivity index (χ4v) is 1.57. The molecule has 20 heavy (non-hydrogen) atoms. The number of nitrogen functional groups attached to an aromatic ring is 1. The van der Waals surface area contributed by atoms with Crippen LogP contribution in [0.5, 0.6) is 0 Å². The minimum atomic E-state index is -4.62. The van der Waals surface area contributed by atoms with Gasteiger partial charge >= 0.3 is 6.18 Å². The van der Waals surface area contributed by atoms with Gasteiger partial charge in [-0.3, -0.25) is 4.68 Å². The van der Waals surface area contributed by atoms with E-state index in [-0.39, 0.29) is 11.6 Å². The summed E-state index contributed by atoms with van der Waals surface area (Å²) in [5, 5.41) is 6.82. The summed E-state index contributed by atoms with van der Waals surface area (Å²) in [5.41, 5.74) is 6.34. The van der Waals surface area contributed by atoms with E-state index in [1.54, 1.807) is 10.9 Å². The van der Waals surface area contributed by atoms with Crippen LogP contribution >= 0.6 is 0 Å². The van der Waals surface area contributed by atoms with Crippen LogP contribution in [0.15, 0.2) is 18.5 Å².